The Bertz CT molecular complexity index is 1670. The van der Waals surface area contributed by atoms with E-state index in [0.29, 0.717) is 36.9 Å². The van der Waals surface area contributed by atoms with Crippen LogP contribution in [0.5, 0.6) is 5.75 Å². The van der Waals surface area contributed by atoms with E-state index in [1.807, 2.05) is 0 Å². The largest absolute Gasteiger partial charge is 0.496 e. The molecular weight excluding hydrogens is 539 g/mol. The molecule has 4 heterocycles. The standard InChI is InChI=1S/C29H28F3N5O4/c1-28(16-33)8-5-10-37(28)27(40)22-12-18(15-29(30,31)32)24-19-14-20(23(41-3)13-17(19)7-11-36(22)24)25(38)34-21-6-4-9-35(2)26(21)39/h4,6,9,12-14H,5,7-8,10-11,15H2,1-3H3,(H,34,38)/t28-/m1/s1. The molecule has 5 rings (SSSR count). The lowest BCUT2D eigenvalue weighted by molar-refractivity contribution is -0.127. The van der Waals surface area contributed by atoms with Crippen molar-refractivity contribution in [2.45, 2.75) is 50.9 Å². The quantitative estimate of drug-likeness (QED) is 0.495. The molecule has 2 aromatic heterocycles. The lowest BCUT2D eigenvalue weighted by Gasteiger charge is -2.30. The Kier molecular flexibility index (Phi) is 6.93. The van der Waals surface area contributed by atoms with Crippen molar-refractivity contribution in [3.8, 4) is 23.1 Å². The zero-order valence-corrected chi connectivity index (χ0v) is 22.8. The van der Waals surface area contributed by atoms with Gasteiger partial charge in [0.05, 0.1) is 30.9 Å². The number of hydrogen-bond acceptors (Lipinski definition) is 5. The predicted molar refractivity (Wildman–Crippen MR) is 144 cm³/mol. The third kappa shape index (κ3) is 4.96. The number of hydrogen-bond donors (Lipinski definition) is 1. The Balaban J connectivity index is 1.64. The van der Waals surface area contributed by atoms with Crippen LogP contribution in [-0.2, 0) is 26.4 Å². The van der Waals surface area contributed by atoms with E-state index in [9.17, 15) is 32.8 Å². The van der Waals surface area contributed by atoms with Gasteiger partial charge in [-0.3, -0.25) is 14.4 Å². The van der Waals surface area contributed by atoms with Crippen LogP contribution in [0.15, 0.2) is 41.3 Å². The summed E-state index contributed by atoms with van der Waals surface area (Å²) in [6.45, 7) is 2.21. The van der Waals surface area contributed by atoms with Crippen LogP contribution in [0.3, 0.4) is 0 Å². The minimum absolute atomic E-state index is 0.0224. The highest BCUT2D eigenvalue weighted by Gasteiger charge is 2.42. The monoisotopic (exact) mass is 567 g/mol. The summed E-state index contributed by atoms with van der Waals surface area (Å²) < 4.78 is 49.6. The number of rotatable bonds is 5. The summed E-state index contributed by atoms with van der Waals surface area (Å²) >= 11 is 0. The molecule has 0 saturated carbocycles. The van der Waals surface area contributed by atoms with E-state index >= 15 is 0 Å². The molecule has 214 valence electrons. The number of aromatic nitrogens is 2. The summed E-state index contributed by atoms with van der Waals surface area (Å²) in [5.41, 5.74) is -0.252. The molecule has 1 N–H and O–H groups in total. The zero-order chi connectivity index (χ0) is 29.7. The summed E-state index contributed by atoms with van der Waals surface area (Å²) in [5.74, 6) is -0.979. The van der Waals surface area contributed by atoms with E-state index in [4.69, 9.17) is 4.74 Å². The van der Waals surface area contributed by atoms with Crippen LogP contribution in [0, 0.1) is 11.3 Å². The van der Waals surface area contributed by atoms with Crippen LogP contribution in [0.25, 0.3) is 11.3 Å². The Morgan fingerprint density at radius 3 is 2.66 bits per heavy atom. The topological polar surface area (TPSA) is 109 Å². The van der Waals surface area contributed by atoms with E-state index in [2.05, 4.69) is 11.4 Å². The Hall–Kier alpha value is -4.53. The van der Waals surface area contributed by atoms with Crippen molar-refractivity contribution in [1.29, 1.82) is 5.26 Å². The number of benzene rings is 1. The molecule has 2 aliphatic rings. The van der Waals surface area contributed by atoms with Gasteiger partial charge >= 0.3 is 6.18 Å². The van der Waals surface area contributed by atoms with E-state index < -0.39 is 35.5 Å². The number of likely N-dealkylation sites (tertiary alicyclic amines) is 1. The number of nitrogens with one attached hydrogen (secondary N) is 1. The highest BCUT2D eigenvalue weighted by atomic mass is 19.4. The van der Waals surface area contributed by atoms with Gasteiger partial charge in [0.2, 0.25) is 0 Å². The first kappa shape index (κ1) is 28.0. The SMILES string of the molecule is COc1cc2c(cc1C(=O)Nc1cccn(C)c1=O)-c1c(CC(F)(F)F)cc(C(=O)N3CCC[C@]3(C)C#N)n1CC2. The number of alkyl halides is 3. The summed E-state index contributed by atoms with van der Waals surface area (Å²) in [5, 5.41) is 12.3. The van der Waals surface area contributed by atoms with Crippen LogP contribution < -0.4 is 15.6 Å². The number of pyridine rings is 1. The first-order valence-corrected chi connectivity index (χ1v) is 13.1. The van der Waals surface area contributed by atoms with Crippen molar-refractivity contribution >= 4 is 17.5 Å². The number of amides is 2. The van der Waals surface area contributed by atoms with Crippen molar-refractivity contribution in [3.05, 3.63) is 69.3 Å². The van der Waals surface area contributed by atoms with Crippen molar-refractivity contribution in [2.75, 3.05) is 19.0 Å². The molecule has 9 nitrogen and oxygen atoms in total. The summed E-state index contributed by atoms with van der Waals surface area (Å²) in [4.78, 5) is 40.9. The molecule has 1 fully saturated rings. The average molecular weight is 568 g/mol. The van der Waals surface area contributed by atoms with Crippen molar-refractivity contribution in [2.24, 2.45) is 7.05 Å². The fourth-order valence-corrected chi connectivity index (χ4v) is 5.74. The maximum absolute atomic E-state index is 13.8. The van der Waals surface area contributed by atoms with Crippen LogP contribution in [-0.4, -0.2) is 51.2 Å². The summed E-state index contributed by atoms with van der Waals surface area (Å²) in [7, 11) is 2.91. The second-order valence-corrected chi connectivity index (χ2v) is 10.5. The van der Waals surface area contributed by atoms with E-state index in [0.717, 1.165) is 0 Å². The Morgan fingerprint density at radius 1 is 1.22 bits per heavy atom. The molecule has 1 saturated heterocycles. The van der Waals surface area contributed by atoms with Gasteiger partial charge in [0, 0.05) is 31.9 Å². The van der Waals surface area contributed by atoms with Gasteiger partial charge in [-0.05, 0) is 67.6 Å². The number of nitriles is 1. The highest BCUT2D eigenvalue weighted by molar-refractivity contribution is 6.07. The van der Waals surface area contributed by atoms with E-state index in [1.54, 1.807) is 23.6 Å². The molecule has 0 spiro atoms. The number of aryl methyl sites for hydroxylation is 2. The third-order valence-electron chi connectivity index (χ3n) is 7.81. The molecule has 12 heteroatoms. The van der Waals surface area contributed by atoms with Gasteiger partial charge in [0.15, 0.2) is 0 Å². The smallest absolute Gasteiger partial charge is 0.393 e. The molecule has 41 heavy (non-hydrogen) atoms. The molecule has 2 aliphatic heterocycles. The number of nitrogens with zero attached hydrogens (tertiary/aromatic N) is 4. The Labute approximate surface area is 233 Å². The van der Waals surface area contributed by atoms with Gasteiger partial charge < -0.3 is 24.1 Å². The number of halogens is 3. The zero-order valence-electron chi connectivity index (χ0n) is 22.8. The molecule has 1 aromatic carbocycles. The Morgan fingerprint density at radius 2 is 1.98 bits per heavy atom. The number of ether oxygens (including phenoxy) is 1. The molecular formula is C29H28F3N5O4. The fourth-order valence-electron chi connectivity index (χ4n) is 5.74. The highest BCUT2D eigenvalue weighted by Crippen LogP contribution is 2.41. The molecule has 3 aromatic rings. The lowest BCUT2D eigenvalue weighted by Crippen LogP contribution is -2.44. The minimum Gasteiger partial charge on any atom is -0.496 e. The van der Waals surface area contributed by atoms with Gasteiger partial charge in [0.1, 0.15) is 22.7 Å². The molecule has 0 bridgehead atoms. The van der Waals surface area contributed by atoms with E-state index in [1.165, 1.54) is 48.0 Å². The summed E-state index contributed by atoms with van der Waals surface area (Å²) in [6, 6.07) is 9.53. The van der Waals surface area contributed by atoms with Crippen LogP contribution >= 0.6 is 0 Å². The third-order valence-corrected chi connectivity index (χ3v) is 7.81. The molecule has 0 radical (unpaired) electrons. The molecule has 1 atom stereocenters. The second-order valence-electron chi connectivity index (χ2n) is 10.5. The van der Waals surface area contributed by atoms with Crippen LogP contribution in [0.2, 0.25) is 0 Å². The average Bonchev–Trinajstić information content (AvgIpc) is 3.50. The second kappa shape index (κ2) is 10.1. The van der Waals surface area contributed by atoms with Gasteiger partial charge in [-0.2, -0.15) is 18.4 Å². The normalized spacial score (nSPS) is 17.9. The van der Waals surface area contributed by atoms with E-state index in [-0.39, 0.29) is 40.5 Å². The minimum atomic E-state index is -4.56. The number of fused-ring (bicyclic) bond motifs is 3. The number of carbonyl (C=O) groups is 2. The van der Waals surface area contributed by atoms with Crippen LogP contribution in [0.1, 0.15) is 51.7 Å². The maximum atomic E-state index is 13.8. The molecule has 0 aliphatic carbocycles. The van der Waals surface area contributed by atoms with Gasteiger partial charge in [-0.15, -0.1) is 0 Å². The van der Waals surface area contributed by atoms with Gasteiger partial charge in [0.25, 0.3) is 17.4 Å². The molecule has 0 unspecified atom stereocenters. The van der Waals surface area contributed by atoms with Crippen molar-refractivity contribution < 1.29 is 27.5 Å². The van der Waals surface area contributed by atoms with Gasteiger partial charge in [-0.25, -0.2) is 0 Å². The van der Waals surface area contributed by atoms with Crippen LogP contribution in [0.4, 0.5) is 18.9 Å². The van der Waals surface area contributed by atoms with Crippen molar-refractivity contribution in [3.63, 3.8) is 0 Å². The first-order valence-electron chi connectivity index (χ1n) is 13.1. The molecule has 2 amide bonds. The summed E-state index contributed by atoms with van der Waals surface area (Å²) in [6.07, 6.45) is -2.84. The maximum Gasteiger partial charge on any atom is 0.393 e. The fraction of sp³-hybridized carbons (Fsp3) is 0.379. The first-order chi connectivity index (χ1) is 19.4. The van der Waals surface area contributed by atoms with Gasteiger partial charge in [-0.1, -0.05) is 0 Å². The van der Waals surface area contributed by atoms with Crippen molar-refractivity contribution in [1.82, 2.24) is 14.0 Å². The number of carbonyl (C=O) groups excluding carboxylic acids is 2. The number of anilines is 1. The predicted octanol–water partition coefficient (Wildman–Crippen LogP) is 4.29. The lowest BCUT2D eigenvalue weighted by atomic mass is 9.92. The number of methoxy groups -OCH3 is 1.